The van der Waals surface area contributed by atoms with E-state index >= 15 is 0 Å². The van der Waals surface area contributed by atoms with Gasteiger partial charge in [0.05, 0.1) is 24.0 Å². The molecule has 0 saturated carbocycles. The molecule has 0 aliphatic rings. The fraction of sp³-hybridized carbons (Fsp3) is 0.333. The molecule has 0 aliphatic carbocycles. The highest BCUT2D eigenvalue weighted by molar-refractivity contribution is 5.25. The lowest BCUT2D eigenvalue weighted by molar-refractivity contribution is -0.137. The number of halogens is 3. The smallest absolute Gasteiger partial charge is 0.314 e. The van der Waals surface area contributed by atoms with E-state index in [-0.39, 0.29) is 6.54 Å². The molecule has 1 aromatic carbocycles. The maximum atomic E-state index is 12.6. The summed E-state index contributed by atoms with van der Waals surface area (Å²) < 4.78 is 39.2. The molecule has 1 heterocycles. The first-order chi connectivity index (χ1) is 8.99. The molecule has 0 bridgehead atoms. The van der Waals surface area contributed by atoms with Gasteiger partial charge in [-0.15, -0.1) is 5.10 Å². The minimum atomic E-state index is -4.32. The minimum Gasteiger partial charge on any atom is -0.314 e. The Labute approximate surface area is 108 Å². The molecule has 2 aromatic rings. The van der Waals surface area contributed by atoms with Crippen LogP contribution >= 0.6 is 0 Å². The van der Waals surface area contributed by atoms with Crippen LogP contribution in [0.3, 0.4) is 0 Å². The van der Waals surface area contributed by atoms with Crippen LogP contribution in [0.2, 0.25) is 0 Å². The summed E-state index contributed by atoms with van der Waals surface area (Å²) in [5.74, 6) is 0. The summed E-state index contributed by atoms with van der Waals surface area (Å²) in [5.41, 5.74) is 0.630. The largest absolute Gasteiger partial charge is 0.416 e. The second kappa shape index (κ2) is 5.40. The van der Waals surface area contributed by atoms with Crippen LogP contribution < -0.4 is 5.32 Å². The molecule has 2 rings (SSSR count). The van der Waals surface area contributed by atoms with Crippen LogP contribution in [-0.4, -0.2) is 22.0 Å². The zero-order chi connectivity index (χ0) is 13.9. The Morgan fingerprint density at radius 1 is 1.32 bits per heavy atom. The molecule has 0 aliphatic heterocycles. The van der Waals surface area contributed by atoms with Gasteiger partial charge in [-0.2, -0.15) is 13.2 Å². The summed E-state index contributed by atoms with van der Waals surface area (Å²) in [5, 5.41) is 10.7. The summed E-state index contributed by atoms with van der Waals surface area (Å²) >= 11 is 0. The molecule has 0 atom stereocenters. The highest BCUT2D eigenvalue weighted by Crippen LogP contribution is 2.29. The molecule has 0 fully saturated rings. The summed E-state index contributed by atoms with van der Waals surface area (Å²) in [4.78, 5) is 0. The fourth-order valence-corrected chi connectivity index (χ4v) is 1.71. The Morgan fingerprint density at radius 2 is 2.11 bits per heavy atom. The van der Waals surface area contributed by atoms with Gasteiger partial charge in [-0.05, 0) is 24.7 Å². The molecular formula is C12H13F3N4. The molecule has 0 spiro atoms. The molecule has 0 amide bonds. The van der Waals surface area contributed by atoms with Gasteiger partial charge in [0, 0.05) is 6.54 Å². The van der Waals surface area contributed by atoms with Crippen LogP contribution in [0.4, 0.5) is 13.2 Å². The standard InChI is InChI=1S/C12H13F3N4/c1-16-6-11-8-19(18-17-11)7-9-3-2-4-10(5-9)12(13,14)15/h2-5,8,16H,6-7H2,1H3. The number of aromatic nitrogens is 3. The Bertz CT molecular complexity index is 548. The van der Waals surface area contributed by atoms with Crippen molar-refractivity contribution < 1.29 is 13.2 Å². The van der Waals surface area contributed by atoms with Gasteiger partial charge in [0.2, 0.25) is 0 Å². The zero-order valence-corrected chi connectivity index (χ0v) is 10.3. The topological polar surface area (TPSA) is 42.7 Å². The van der Waals surface area contributed by atoms with Crippen molar-refractivity contribution in [3.8, 4) is 0 Å². The Balaban J connectivity index is 2.14. The SMILES string of the molecule is CNCc1cn(Cc2cccc(C(F)(F)F)c2)nn1. The molecule has 102 valence electrons. The van der Waals surface area contributed by atoms with Crippen molar-refractivity contribution in [2.75, 3.05) is 7.05 Å². The number of benzene rings is 1. The lowest BCUT2D eigenvalue weighted by Gasteiger charge is -2.08. The van der Waals surface area contributed by atoms with E-state index in [1.54, 1.807) is 19.3 Å². The van der Waals surface area contributed by atoms with E-state index in [4.69, 9.17) is 0 Å². The van der Waals surface area contributed by atoms with Gasteiger partial charge < -0.3 is 5.32 Å². The molecular weight excluding hydrogens is 257 g/mol. The van der Waals surface area contributed by atoms with Crippen LogP contribution in [0.15, 0.2) is 30.5 Å². The average Bonchev–Trinajstić information content (AvgIpc) is 2.76. The van der Waals surface area contributed by atoms with Gasteiger partial charge in [-0.3, -0.25) is 0 Å². The quantitative estimate of drug-likeness (QED) is 0.924. The number of hydrogen-bond donors (Lipinski definition) is 1. The predicted molar refractivity (Wildman–Crippen MR) is 63.3 cm³/mol. The number of nitrogens with zero attached hydrogens (tertiary/aromatic N) is 3. The first-order valence-corrected chi connectivity index (χ1v) is 5.69. The lowest BCUT2D eigenvalue weighted by atomic mass is 10.1. The summed E-state index contributed by atoms with van der Waals surface area (Å²) in [6, 6.07) is 5.20. The Kier molecular flexibility index (Phi) is 3.84. The first kappa shape index (κ1) is 13.5. The average molecular weight is 270 g/mol. The van der Waals surface area contributed by atoms with Gasteiger partial charge >= 0.3 is 6.18 Å². The monoisotopic (exact) mass is 270 g/mol. The summed E-state index contributed by atoms with van der Waals surface area (Å²) in [6.45, 7) is 0.837. The highest BCUT2D eigenvalue weighted by atomic mass is 19.4. The van der Waals surface area contributed by atoms with Gasteiger partial charge in [0.25, 0.3) is 0 Å². The molecule has 7 heteroatoms. The second-order valence-corrected chi connectivity index (χ2v) is 4.14. The Morgan fingerprint density at radius 3 is 2.79 bits per heavy atom. The third-order valence-electron chi connectivity index (χ3n) is 2.54. The van der Waals surface area contributed by atoms with E-state index in [1.807, 2.05) is 0 Å². The van der Waals surface area contributed by atoms with Crippen LogP contribution in [0.5, 0.6) is 0 Å². The third-order valence-corrected chi connectivity index (χ3v) is 2.54. The first-order valence-electron chi connectivity index (χ1n) is 5.69. The molecule has 19 heavy (non-hydrogen) atoms. The predicted octanol–water partition coefficient (Wildman–Crippen LogP) is 2.06. The van der Waals surface area contributed by atoms with Gasteiger partial charge in [0.1, 0.15) is 0 Å². The van der Waals surface area contributed by atoms with Crippen molar-refractivity contribution in [3.05, 3.63) is 47.3 Å². The fourth-order valence-electron chi connectivity index (χ4n) is 1.71. The number of alkyl halides is 3. The Hall–Kier alpha value is -1.89. The second-order valence-electron chi connectivity index (χ2n) is 4.14. The maximum absolute atomic E-state index is 12.6. The molecule has 1 aromatic heterocycles. The highest BCUT2D eigenvalue weighted by Gasteiger charge is 2.30. The molecule has 0 saturated heterocycles. The number of hydrogen-bond acceptors (Lipinski definition) is 3. The van der Waals surface area contributed by atoms with E-state index in [0.717, 1.165) is 17.8 Å². The summed E-state index contributed by atoms with van der Waals surface area (Å²) in [6.07, 6.45) is -2.62. The van der Waals surface area contributed by atoms with E-state index in [2.05, 4.69) is 15.6 Å². The lowest BCUT2D eigenvalue weighted by Crippen LogP contribution is -2.07. The minimum absolute atomic E-state index is 0.265. The van der Waals surface area contributed by atoms with Crippen molar-refractivity contribution in [2.24, 2.45) is 0 Å². The van der Waals surface area contributed by atoms with Crippen LogP contribution in [-0.2, 0) is 19.3 Å². The van der Waals surface area contributed by atoms with Crippen molar-refractivity contribution in [2.45, 2.75) is 19.3 Å². The molecule has 0 radical (unpaired) electrons. The molecule has 4 nitrogen and oxygen atoms in total. The van der Waals surface area contributed by atoms with E-state index in [1.165, 1.54) is 10.7 Å². The normalized spacial score (nSPS) is 11.8. The van der Waals surface area contributed by atoms with Crippen molar-refractivity contribution in [1.29, 1.82) is 0 Å². The summed E-state index contributed by atoms with van der Waals surface area (Å²) in [7, 11) is 1.78. The van der Waals surface area contributed by atoms with Crippen LogP contribution in [0.25, 0.3) is 0 Å². The number of nitrogens with one attached hydrogen (secondary N) is 1. The molecule has 0 unspecified atom stereocenters. The van der Waals surface area contributed by atoms with Crippen molar-refractivity contribution >= 4 is 0 Å². The van der Waals surface area contributed by atoms with Gasteiger partial charge in [-0.25, -0.2) is 4.68 Å². The third kappa shape index (κ3) is 3.54. The van der Waals surface area contributed by atoms with E-state index in [9.17, 15) is 13.2 Å². The number of rotatable bonds is 4. The van der Waals surface area contributed by atoms with Crippen LogP contribution in [0.1, 0.15) is 16.8 Å². The van der Waals surface area contributed by atoms with Gasteiger partial charge in [-0.1, -0.05) is 17.3 Å². The van der Waals surface area contributed by atoms with E-state index < -0.39 is 11.7 Å². The molecule has 1 N–H and O–H groups in total. The van der Waals surface area contributed by atoms with Crippen molar-refractivity contribution in [1.82, 2.24) is 20.3 Å². The van der Waals surface area contributed by atoms with E-state index in [0.29, 0.717) is 12.1 Å². The van der Waals surface area contributed by atoms with Crippen molar-refractivity contribution in [3.63, 3.8) is 0 Å². The zero-order valence-electron chi connectivity index (χ0n) is 10.3. The van der Waals surface area contributed by atoms with Crippen LogP contribution in [0, 0.1) is 0 Å². The maximum Gasteiger partial charge on any atom is 0.416 e. The van der Waals surface area contributed by atoms with Gasteiger partial charge in [0.15, 0.2) is 0 Å².